The summed E-state index contributed by atoms with van der Waals surface area (Å²) >= 11 is 20.1. The molecule has 22 aromatic carbocycles. The van der Waals surface area contributed by atoms with Crippen LogP contribution in [0.3, 0.4) is 0 Å². The van der Waals surface area contributed by atoms with Crippen molar-refractivity contribution in [3.63, 3.8) is 0 Å². The molecular formula is C135H91BrCl2N4O3S2. The maximum atomic E-state index is 6.77. The highest BCUT2D eigenvalue weighted by Crippen LogP contribution is 2.67. The second-order valence-electron chi connectivity index (χ2n) is 36.6. The molecule has 4 aliphatic rings. The van der Waals surface area contributed by atoms with E-state index in [9.17, 15) is 0 Å². The summed E-state index contributed by atoms with van der Waals surface area (Å²) in [5, 5.41) is 11.4. The molecular weight excluding hydrogens is 1940 g/mol. The van der Waals surface area contributed by atoms with Gasteiger partial charge in [0.25, 0.3) is 0 Å². The number of nitrogens with zero attached hydrogens (tertiary/aromatic N) is 3. The van der Waals surface area contributed by atoms with Crippen LogP contribution in [0.4, 0.5) is 62.6 Å². The first-order valence-electron chi connectivity index (χ1n) is 49.3. The third-order valence-electron chi connectivity index (χ3n) is 28.3. The Morgan fingerprint density at radius 1 is 0.238 bits per heavy atom. The minimum atomic E-state index is -0.504. The average Bonchev–Trinajstić information content (AvgIpc) is 1.47. The van der Waals surface area contributed by atoms with Crippen LogP contribution in [-0.4, -0.2) is 0 Å². The first kappa shape index (κ1) is 91.4. The number of para-hydroxylation sites is 9. The Hall–Kier alpha value is -16.8. The zero-order chi connectivity index (χ0) is 98.3. The molecule has 0 saturated carbocycles. The van der Waals surface area contributed by atoms with Crippen LogP contribution in [0.5, 0.6) is 0 Å². The normalized spacial score (nSPS) is 12.5. The lowest BCUT2D eigenvalue weighted by Crippen LogP contribution is -2.32. The van der Waals surface area contributed by atoms with E-state index in [1.165, 1.54) is 97.5 Å². The minimum Gasteiger partial charge on any atom is -0.456 e. The van der Waals surface area contributed by atoms with E-state index in [2.05, 4.69) is 461 Å². The maximum Gasteiger partial charge on any atom is 0.137 e. The summed E-state index contributed by atoms with van der Waals surface area (Å²) in [4.78, 5) is 12.2. The molecule has 2 spiro atoms. The van der Waals surface area contributed by atoms with E-state index >= 15 is 0 Å². The fraction of sp³-hybridized carbons (Fsp3) is 0.0222. The minimum absolute atomic E-state index is 0.321. The molecule has 0 fully saturated rings. The number of fused-ring (bicyclic) bond motifs is 27. The number of nitrogens with one attached hydrogen (secondary N) is 1. The second-order valence-corrected chi connectivity index (χ2v) is 40.4. The number of hydrogen-bond acceptors (Lipinski definition) is 9. The van der Waals surface area contributed by atoms with Gasteiger partial charge >= 0.3 is 0 Å². The van der Waals surface area contributed by atoms with Gasteiger partial charge in [0, 0.05) is 79.7 Å². The molecule has 25 aromatic rings. The van der Waals surface area contributed by atoms with Gasteiger partial charge < -0.3 is 33.3 Å². The van der Waals surface area contributed by atoms with E-state index in [0.29, 0.717) is 10.0 Å². The van der Waals surface area contributed by atoms with E-state index in [1.54, 1.807) is 0 Å². The predicted molar refractivity (Wildman–Crippen MR) is 618 cm³/mol. The molecule has 1 N–H and O–H groups in total. The zero-order valence-corrected chi connectivity index (χ0v) is 84.3. The molecule has 3 aromatic heterocycles. The molecule has 0 unspecified atom stereocenters. The van der Waals surface area contributed by atoms with Crippen LogP contribution < -0.4 is 20.0 Å². The quantitative estimate of drug-likeness (QED) is 0.122. The molecule has 147 heavy (non-hydrogen) atoms. The predicted octanol–water partition coefficient (Wildman–Crippen LogP) is 39.6. The van der Waals surface area contributed by atoms with Crippen LogP contribution in [0.2, 0.25) is 10.0 Å². The van der Waals surface area contributed by atoms with Crippen molar-refractivity contribution >= 4 is 191 Å². The van der Waals surface area contributed by atoms with Crippen LogP contribution in [0.15, 0.2) is 571 Å². The van der Waals surface area contributed by atoms with E-state index in [0.717, 1.165) is 139 Å². The summed E-state index contributed by atoms with van der Waals surface area (Å²) in [5.41, 5.74) is 34.7. The molecule has 0 amide bonds. The molecule has 0 atom stereocenters. The summed E-state index contributed by atoms with van der Waals surface area (Å²) in [6.07, 6.45) is 1.03. The molecule has 0 bridgehead atoms. The lowest BCUT2D eigenvalue weighted by Gasteiger charge is -2.42. The summed E-state index contributed by atoms with van der Waals surface area (Å²) in [5.74, 6) is 0. The summed E-state index contributed by atoms with van der Waals surface area (Å²) in [7, 11) is 0. The Bertz CT molecular complexity index is 8990. The number of anilines is 11. The topological polar surface area (TPSA) is 61.2 Å². The van der Waals surface area contributed by atoms with E-state index < -0.39 is 5.41 Å². The summed E-state index contributed by atoms with van der Waals surface area (Å²) < 4.78 is 19.4. The fourth-order valence-electron chi connectivity index (χ4n) is 22.2. The van der Waals surface area contributed by atoms with Gasteiger partial charge in [-0.25, -0.2) is 0 Å². The summed E-state index contributed by atoms with van der Waals surface area (Å²) in [6, 6.07) is 188. The van der Waals surface area contributed by atoms with Gasteiger partial charge in [0.15, 0.2) is 0 Å². The van der Waals surface area contributed by atoms with Gasteiger partial charge in [-0.05, 0) is 252 Å². The highest BCUT2D eigenvalue weighted by Gasteiger charge is 2.53. The van der Waals surface area contributed by atoms with Crippen molar-refractivity contribution in [2.45, 2.75) is 36.8 Å². The van der Waals surface area contributed by atoms with Gasteiger partial charge in [0.05, 0.1) is 60.1 Å². The summed E-state index contributed by atoms with van der Waals surface area (Å²) in [6.45, 7) is 0. The van der Waals surface area contributed by atoms with Gasteiger partial charge in [0.1, 0.15) is 33.5 Å². The first-order chi connectivity index (χ1) is 72.7. The van der Waals surface area contributed by atoms with Crippen LogP contribution in [0.25, 0.3) is 88.1 Å². The van der Waals surface area contributed by atoms with Crippen LogP contribution in [-0.2, 0) is 17.3 Å². The van der Waals surface area contributed by atoms with Crippen molar-refractivity contribution in [2.24, 2.45) is 0 Å². The van der Waals surface area contributed by atoms with Crippen molar-refractivity contribution in [3.05, 3.63) is 604 Å². The third-order valence-corrected chi connectivity index (χ3v) is 32.4. The van der Waals surface area contributed by atoms with E-state index in [-0.39, 0.29) is 5.41 Å². The molecule has 2 aliphatic heterocycles. The zero-order valence-electron chi connectivity index (χ0n) is 79.5. The van der Waals surface area contributed by atoms with Gasteiger partial charge in [-0.3, -0.25) is 0 Å². The van der Waals surface area contributed by atoms with Gasteiger partial charge in [-0.15, -0.1) is 0 Å². The Balaban J connectivity index is 0.000000107. The fourth-order valence-corrected chi connectivity index (χ4v) is 25.7. The highest BCUT2D eigenvalue weighted by atomic mass is 79.9. The van der Waals surface area contributed by atoms with Crippen molar-refractivity contribution in [1.82, 2.24) is 0 Å². The van der Waals surface area contributed by atoms with Crippen molar-refractivity contribution in [2.75, 3.05) is 20.0 Å². The van der Waals surface area contributed by atoms with Crippen molar-refractivity contribution in [1.29, 1.82) is 0 Å². The lowest BCUT2D eigenvalue weighted by atomic mass is 9.67. The Morgan fingerprint density at radius 2 is 0.551 bits per heavy atom. The molecule has 7 nitrogen and oxygen atoms in total. The highest BCUT2D eigenvalue weighted by molar-refractivity contribution is 9.10. The van der Waals surface area contributed by atoms with Gasteiger partial charge in [0.2, 0.25) is 0 Å². The SMILES string of the molecule is Clc1ccc2oc3ccccc3c2c1Br.Clc1ccc2oc3ccccc3c2c1N(c1ccccc1)c1ccccc1.c1ccc(Cc2ccccc2)cc1.c1ccc(N(c2cccc3c2Sc2ccccc2C32c3ccccc3-c3ccccc32)c2ccc3oc4ccccc4c3c2N(c2ccccc2)c2ccccc2)cc1.c1ccc(Nc2cccc3c2Sc2ccccc2C32c3ccccc3-c3ccccc32)cc1. The van der Waals surface area contributed by atoms with E-state index in [1.807, 2.05) is 133 Å². The lowest BCUT2D eigenvalue weighted by molar-refractivity contribution is 0.668. The molecule has 2 aliphatic carbocycles. The largest absolute Gasteiger partial charge is 0.456 e. The van der Waals surface area contributed by atoms with Gasteiger partial charge in [-0.2, -0.15) is 0 Å². The molecule has 0 radical (unpaired) electrons. The monoisotopic (exact) mass is 2030 g/mol. The van der Waals surface area contributed by atoms with E-state index in [4.69, 9.17) is 36.5 Å². The van der Waals surface area contributed by atoms with Gasteiger partial charge in [-0.1, -0.05) is 429 Å². The standard InChI is InChI=1S/C55H36N2OS.C31H21NS.C24H16ClNO.C13H12.C12H6BrClO/c1-4-19-37(20-5-1)56(38-21-6-2-7-22-38)53-47(35-36-50-52(53)42-27-12-16-33-49(42)58-50)57(39-23-8-3-9-24-39)48-32-18-31-46-54(48)59-51-34-17-15-30-45(51)55(46)43-28-13-10-25-40(43)41-26-11-14-29-44(41)55;1-2-11-21(12-3-1)32-28-19-10-18-27-30(28)33-29-20-9-8-17-26(29)31(27)24-15-6-4-13-22(24)23-14-5-7-16-25(23)31;25-20-15-16-22-23(19-13-7-8-14-21(19)27-22)24(20)26(17-9-3-1-4-10-17)18-11-5-2-6-12-18;1-3-7-12(8-4-1)11-13-9-5-2-6-10-13;13-12-8(14)5-6-10-11(12)7-3-1-2-4-9(7)15-10/h1-36H;1-20,32H;1-16H;1-10H,11H2;1-6H. The van der Waals surface area contributed by atoms with Crippen LogP contribution in [0, 0.1) is 0 Å². The average molecular weight is 2030 g/mol. The number of rotatable bonds is 13. The Labute approximate surface area is 880 Å². The van der Waals surface area contributed by atoms with Crippen molar-refractivity contribution in [3.8, 4) is 22.3 Å². The van der Waals surface area contributed by atoms with Crippen molar-refractivity contribution < 1.29 is 13.3 Å². The number of hydrogen-bond donors (Lipinski definition) is 1. The molecule has 0 saturated heterocycles. The third kappa shape index (κ3) is 16.4. The number of benzene rings is 22. The molecule has 12 heteroatoms. The Morgan fingerprint density at radius 3 is 0.993 bits per heavy atom. The smallest absolute Gasteiger partial charge is 0.137 e. The Kier molecular flexibility index (Phi) is 24.7. The second kappa shape index (κ2) is 39.7. The number of halogens is 3. The first-order valence-corrected chi connectivity index (χ1v) is 52.5. The molecule has 702 valence electrons. The van der Waals surface area contributed by atoms with Crippen LogP contribution >= 0.6 is 62.7 Å². The van der Waals surface area contributed by atoms with Crippen LogP contribution in [0.1, 0.15) is 55.6 Å². The molecule has 29 rings (SSSR count). The number of furan rings is 3. The molecule has 5 heterocycles. The maximum absolute atomic E-state index is 6.77.